The van der Waals surface area contributed by atoms with Crippen LogP contribution in [-0.4, -0.2) is 30.4 Å². The molecular weight excluding hydrogens is 555 g/mol. The number of phenols is 4. The Hall–Kier alpha value is -6.29. The van der Waals surface area contributed by atoms with Crippen LogP contribution in [0.3, 0.4) is 0 Å². The number of hydrogen-bond acceptors (Lipinski definition) is 12. The molecule has 17 heteroatoms. The fourth-order valence-electron chi connectivity index (χ4n) is 2.43. The third kappa shape index (κ3) is 7.35. The molecule has 192 valence electrons. The van der Waals surface area contributed by atoms with Crippen molar-refractivity contribution in [2.75, 3.05) is 0 Å². The molecule has 0 amide bonds. The number of rotatable bonds is 4. The summed E-state index contributed by atoms with van der Waals surface area (Å²) in [5.41, 5.74) is -0.0614. The van der Waals surface area contributed by atoms with Crippen LogP contribution in [0.15, 0.2) is 56.9 Å². The Bertz CT molecular complexity index is 1540. The van der Waals surface area contributed by atoms with Crippen molar-refractivity contribution in [2.45, 2.75) is 0 Å². The predicted molar refractivity (Wildman–Crippen MR) is 125 cm³/mol. The molecule has 16 nitrogen and oxygen atoms in total. The number of aromatic hydroxyl groups is 4. The zero-order chi connectivity index (χ0) is 27.7. The number of benzene rings is 2. The normalized spacial score (nSPS) is 9.95. The van der Waals surface area contributed by atoms with E-state index in [0.29, 0.717) is 0 Å². The molecule has 4 N–H and O–H groups in total. The Morgan fingerprint density at radius 1 is 0.744 bits per heavy atom. The average Bonchev–Trinajstić information content (AvgIpc) is 3.51. The van der Waals surface area contributed by atoms with Crippen molar-refractivity contribution in [2.24, 2.45) is 20.5 Å². The quantitative estimate of drug-likeness (QED) is 0.153. The Labute approximate surface area is 228 Å². The zero-order valence-electron chi connectivity index (χ0n) is 18.9. The van der Waals surface area contributed by atoms with E-state index in [-0.39, 0.29) is 85.8 Å². The summed E-state index contributed by atoms with van der Waals surface area (Å²) in [6.07, 6.45) is 0. The minimum absolute atomic E-state index is 0. The molecule has 2 aromatic carbocycles. The minimum atomic E-state index is -0.267. The van der Waals surface area contributed by atoms with Crippen LogP contribution in [-0.2, 0) is 16.5 Å². The second-order valence-electron chi connectivity index (χ2n) is 6.58. The van der Waals surface area contributed by atoms with Crippen molar-refractivity contribution in [1.82, 2.24) is 19.9 Å². The SMILES string of the molecule is N#Cc1nc(N=Nc2ccc(O)cc2O)[n-]c1C#N.[C-]#[N+]c1nc(N=Nc2ccc(O)cc2O)[n-]c1[N+]#[C-].[Ni+2]. The van der Waals surface area contributed by atoms with E-state index in [4.69, 9.17) is 33.9 Å². The van der Waals surface area contributed by atoms with Crippen LogP contribution in [0.5, 0.6) is 23.0 Å². The molecule has 0 spiro atoms. The van der Waals surface area contributed by atoms with Crippen molar-refractivity contribution < 1.29 is 36.9 Å². The van der Waals surface area contributed by atoms with Gasteiger partial charge in [0, 0.05) is 18.1 Å². The van der Waals surface area contributed by atoms with E-state index >= 15 is 0 Å². The first kappa shape index (κ1) is 28.9. The number of nitriles is 2. The molecule has 2 aromatic heterocycles. The monoisotopic (exact) mass is 564 g/mol. The molecule has 0 saturated heterocycles. The van der Waals surface area contributed by atoms with Gasteiger partial charge in [0.1, 0.15) is 52.3 Å². The first-order valence-electron chi connectivity index (χ1n) is 9.80. The molecule has 0 radical (unpaired) electrons. The van der Waals surface area contributed by atoms with Gasteiger partial charge in [-0.05, 0) is 24.3 Å². The Kier molecular flexibility index (Phi) is 9.75. The van der Waals surface area contributed by atoms with E-state index in [1.54, 1.807) is 12.1 Å². The van der Waals surface area contributed by atoms with Gasteiger partial charge in [0.2, 0.25) is 5.95 Å². The molecule has 4 aromatic rings. The summed E-state index contributed by atoms with van der Waals surface area (Å²) in [5, 5.41) is 69.0. The van der Waals surface area contributed by atoms with Crippen LogP contribution in [0.25, 0.3) is 9.69 Å². The molecule has 0 atom stereocenters. The number of aromatic nitrogens is 4. The van der Waals surface area contributed by atoms with E-state index in [2.05, 4.69) is 50.1 Å². The Morgan fingerprint density at radius 3 is 1.67 bits per heavy atom. The van der Waals surface area contributed by atoms with E-state index < -0.39 is 0 Å². The molecule has 0 aliphatic rings. The van der Waals surface area contributed by atoms with Crippen LogP contribution in [0.2, 0.25) is 0 Å². The molecule has 0 aliphatic heterocycles. The molecular formula is C22H10N12NiO4. The number of hydrogen-bond donors (Lipinski definition) is 4. The van der Waals surface area contributed by atoms with Crippen LogP contribution in [0.1, 0.15) is 11.4 Å². The number of imidazole rings is 2. The van der Waals surface area contributed by atoms with E-state index in [1.807, 2.05) is 0 Å². The summed E-state index contributed by atoms with van der Waals surface area (Å²) in [7, 11) is 0. The summed E-state index contributed by atoms with van der Waals surface area (Å²) in [5.74, 6) is -1.31. The van der Waals surface area contributed by atoms with Gasteiger partial charge in [-0.25, -0.2) is 11.7 Å². The van der Waals surface area contributed by atoms with Gasteiger partial charge >= 0.3 is 16.5 Å². The van der Waals surface area contributed by atoms with Gasteiger partial charge in [0.05, 0.1) is 17.2 Å². The summed E-state index contributed by atoms with van der Waals surface area (Å²) in [6, 6.07) is 11.0. The molecule has 2 heterocycles. The largest absolute Gasteiger partial charge is 2.00 e. The maximum atomic E-state index is 9.47. The predicted octanol–water partition coefficient (Wildman–Crippen LogP) is 4.57. The first-order valence-corrected chi connectivity index (χ1v) is 9.80. The fourth-order valence-corrected chi connectivity index (χ4v) is 2.43. The maximum Gasteiger partial charge on any atom is 2.00 e. The third-order valence-electron chi connectivity index (χ3n) is 4.10. The topological polar surface area (TPSA) is 241 Å². The smallest absolute Gasteiger partial charge is 0.562 e. The average molecular weight is 565 g/mol. The standard InChI is InChI=1S/2C11H5N6O2.Ni/c1-12-9-10(13-2)15-11(14-9)17-16-7-4-3-6(18)5-8(7)19;12-4-8-9(5-13)15-11(14-8)17-16-7-2-1-6(18)3-10(7)19;/h3-5H,(H2-,14,15,16,17,18,19);1-3H,(H2-,14,15,16,17,18,19);/q2*-1;+2. The van der Waals surface area contributed by atoms with E-state index in [9.17, 15) is 10.2 Å². The molecule has 0 fully saturated rings. The summed E-state index contributed by atoms with van der Waals surface area (Å²) in [4.78, 5) is 20.8. The van der Waals surface area contributed by atoms with Gasteiger partial charge in [-0.2, -0.15) is 10.5 Å². The maximum absolute atomic E-state index is 9.47. The zero-order valence-corrected chi connectivity index (χ0v) is 19.9. The minimum Gasteiger partial charge on any atom is -0.562 e. The molecule has 0 unspecified atom stereocenters. The van der Waals surface area contributed by atoms with Crippen LogP contribution in [0.4, 0.5) is 34.9 Å². The van der Waals surface area contributed by atoms with E-state index in [0.717, 1.165) is 12.1 Å². The van der Waals surface area contributed by atoms with Gasteiger partial charge in [-0.1, -0.05) is 6.57 Å². The van der Waals surface area contributed by atoms with E-state index in [1.165, 1.54) is 24.3 Å². The van der Waals surface area contributed by atoms with Gasteiger partial charge < -0.3 is 40.1 Å². The van der Waals surface area contributed by atoms with Crippen molar-refractivity contribution in [3.63, 3.8) is 0 Å². The van der Waals surface area contributed by atoms with Crippen LogP contribution < -0.4 is 9.97 Å². The number of nitrogens with zero attached hydrogens (tertiary/aromatic N) is 12. The molecule has 0 saturated carbocycles. The van der Waals surface area contributed by atoms with Gasteiger partial charge in [-0.15, -0.1) is 10.2 Å². The van der Waals surface area contributed by atoms with Crippen LogP contribution >= 0.6 is 0 Å². The number of phenolic OH excluding ortho intramolecular Hbond substituents is 4. The Morgan fingerprint density at radius 2 is 1.28 bits per heavy atom. The van der Waals surface area contributed by atoms with Crippen molar-refractivity contribution in [3.05, 3.63) is 70.6 Å². The number of azo groups is 2. The van der Waals surface area contributed by atoms with Crippen LogP contribution in [0, 0.1) is 35.8 Å². The van der Waals surface area contributed by atoms with Crippen molar-refractivity contribution in [1.29, 1.82) is 10.5 Å². The molecule has 39 heavy (non-hydrogen) atoms. The molecule has 0 bridgehead atoms. The van der Waals surface area contributed by atoms with Gasteiger partial charge in [0.25, 0.3) is 0 Å². The summed E-state index contributed by atoms with van der Waals surface area (Å²) in [6.45, 7) is 13.6. The fraction of sp³-hybridized carbons (Fsp3) is 0. The summed E-state index contributed by atoms with van der Waals surface area (Å²) >= 11 is 0. The van der Waals surface area contributed by atoms with Crippen molar-refractivity contribution in [3.8, 4) is 35.1 Å². The van der Waals surface area contributed by atoms with Gasteiger partial charge in [0.15, 0.2) is 0 Å². The second kappa shape index (κ2) is 13.1. The third-order valence-corrected chi connectivity index (χ3v) is 4.10. The van der Waals surface area contributed by atoms with Crippen molar-refractivity contribution >= 4 is 34.9 Å². The first-order chi connectivity index (χ1) is 18.3. The Balaban J connectivity index is 0.000000267. The second-order valence-corrected chi connectivity index (χ2v) is 6.58. The van der Waals surface area contributed by atoms with Gasteiger partial charge in [-0.3, -0.25) is 15.1 Å². The molecule has 4 rings (SSSR count). The molecule has 0 aliphatic carbocycles. The summed E-state index contributed by atoms with van der Waals surface area (Å²) < 4.78 is 0.